The summed E-state index contributed by atoms with van der Waals surface area (Å²) in [6.07, 6.45) is 1.99. The summed E-state index contributed by atoms with van der Waals surface area (Å²) in [6.45, 7) is 5.14. The van der Waals surface area contributed by atoms with Crippen LogP contribution in [0.5, 0.6) is 0 Å². The Morgan fingerprint density at radius 2 is 2.00 bits per heavy atom. The fraction of sp³-hybridized carbons (Fsp3) is 0.318. The van der Waals surface area contributed by atoms with Crippen LogP contribution in [0.2, 0.25) is 0 Å². The Labute approximate surface area is 163 Å². The maximum Gasteiger partial charge on any atom is 0.256 e. The number of nitrogens with zero attached hydrogens (tertiary/aromatic N) is 2. The van der Waals surface area contributed by atoms with Gasteiger partial charge in [0.25, 0.3) is 5.91 Å². The quantitative estimate of drug-likeness (QED) is 0.578. The van der Waals surface area contributed by atoms with Gasteiger partial charge in [-0.2, -0.15) is 0 Å². The predicted octanol–water partition coefficient (Wildman–Crippen LogP) is 5.16. The second-order valence-electron chi connectivity index (χ2n) is 7.21. The van der Waals surface area contributed by atoms with Gasteiger partial charge in [0.2, 0.25) is 0 Å². The molecular formula is C22H23FN2OS. The molecule has 3 aromatic rings. The second-order valence-corrected chi connectivity index (χ2v) is 8.24. The minimum absolute atomic E-state index is 0.00582. The number of rotatable bonds is 6. The Bertz CT molecular complexity index is 957. The van der Waals surface area contributed by atoms with Crippen molar-refractivity contribution in [3.05, 3.63) is 81.1 Å². The second kappa shape index (κ2) is 7.31. The highest BCUT2D eigenvalue weighted by Gasteiger charge is 2.34. The minimum atomic E-state index is -0.251. The van der Waals surface area contributed by atoms with E-state index >= 15 is 0 Å². The van der Waals surface area contributed by atoms with Crippen molar-refractivity contribution in [2.24, 2.45) is 0 Å². The van der Waals surface area contributed by atoms with Gasteiger partial charge < -0.3 is 9.47 Å². The van der Waals surface area contributed by atoms with Crippen molar-refractivity contribution in [1.82, 2.24) is 9.47 Å². The van der Waals surface area contributed by atoms with Gasteiger partial charge in [-0.1, -0.05) is 24.3 Å². The number of hydrogen-bond donors (Lipinski definition) is 0. The molecule has 1 saturated carbocycles. The zero-order chi connectivity index (χ0) is 19.0. The van der Waals surface area contributed by atoms with Crippen molar-refractivity contribution >= 4 is 17.2 Å². The highest BCUT2D eigenvalue weighted by Crippen LogP contribution is 2.31. The van der Waals surface area contributed by atoms with E-state index in [2.05, 4.69) is 16.0 Å². The lowest BCUT2D eigenvalue weighted by Crippen LogP contribution is -2.33. The van der Waals surface area contributed by atoms with Crippen LogP contribution in [-0.4, -0.2) is 21.4 Å². The Morgan fingerprint density at radius 3 is 2.67 bits per heavy atom. The molecule has 0 unspecified atom stereocenters. The van der Waals surface area contributed by atoms with E-state index < -0.39 is 0 Å². The first-order chi connectivity index (χ1) is 13.0. The van der Waals surface area contributed by atoms with E-state index in [1.165, 1.54) is 10.9 Å². The van der Waals surface area contributed by atoms with Crippen molar-refractivity contribution in [2.75, 3.05) is 0 Å². The molecule has 1 aliphatic rings. The summed E-state index contributed by atoms with van der Waals surface area (Å²) in [4.78, 5) is 16.4. The number of amides is 1. The maximum atomic E-state index is 14.1. The molecule has 1 fully saturated rings. The Kier molecular flexibility index (Phi) is 4.87. The maximum absolute atomic E-state index is 14.1. The van der Waals surface area contributed by atoms with E-state index in [1.807, 2.05) is 36.9 Å². The van der Waals surface area contributed by atoms with Gasteiger partial charge in [-0.3, -0.25) is 4.79 Å². The molecule has 0 N–H and O–H groups in total. The number of hydrogen-bond acceptors (Lipinski definition) is 2. The van der Waals surface area contributed by atoms with Gasteiger partial charge >= 0.3 is 0 Å². The van der Waals surface area contributed by atoms with E-state index in [1.54, 1.807) is 23.5 Å². The number of carbonyl (C=O) groups excluding carboxylic acids is 1. The molecule has 1 aromatic carbocycles. The highest BCUT2D eigenvalue weighted by atomic mass is 32.1. The lowest BCUT2D eigenvalue weighted by molar-refractivity contribution is 0.0727. The largest absolute Gasteiger partial charge is 0.343 e. The number of carbonyl (C=O) groups is 1. The molecule has 0 bridgehead atoms. The molecule has 0 saturated heterocycles. The Balaban J connectivity index is 1.61. The fourth-order valence-electron chi connectivity index (χ4n) is 3.54. The molecule has 140 valence electrons. The number of halogens is 1. The third-order valence-corrected chi connectivity index (χ3v) is 6.11. The summed E-state index contributed by atoms with van der Waals surface area (Å²) in [5, 5.41) is 2.07. The monoisotopic (exact) mass is 382 g/mol. The first-order valence-electron chi connectivity index (χ1n) is 9.28. The third-order valence-electron chi connectivity index (χ3n) is 5.25. The van der Waals surface area contributed by atoms with E-state index in [9.17, 15) is 9.18 Å². The number of thiophene rings is 1. The van der Waals surface area contributed by atoms with Gasteiger partial charge in [0.1, 0.15) is 5.82 Å². The van der Waals surface area contributed by atoms with E-state index in [0.717, 1.165) is 36.3 Å². The van der Waals surface area contributed by atoms with Crippen LogP contribution in [0.3, 0.4) is 0 Å². The van der Waals surface area contributed by atoms with Crippen molar-refractivity contribution in [3.8, 4) is 0 Å². The number of aryl methyl sites for hydroxylation is 1. The van der Waals surface area contributed by atoms with Gasteiger partial charge in [0.15, 0.2) is 0 Å². The van der Waals surface area contributed by atoms with Gasteiger partial charge in [-0.15, -0.1) is 11.3 Å². The standard InChI is InChI=1S/C22H23FN2OS/c1-15-12-20(16(2)24(15)14-19-7-5-11-27-19)22(26)25(18-9-10-18)13-17-6-3-4-8-21(17)23/h3-8,11-12,18H,9-10,13-14H2,1-2H3. The van der Waals surface area contributed by atoms with Crippen molar-refractivity contribution < 1.29 is 9.18 Å². The van der Waals surface area contributed by atoms with Crippen LogP contribution in [-0.2, 0) is 13.1 Å². The number of benzene rings is 1. The van der Waals surface area contributed by atoms with Gasteiger partial charge in [-0.05, 0) is 50.3 Å². The van der Waals surface area contributed by atoms with Crippen molar-refractivity contribution in [3.63, 3.8) is 0 Å². The smallest absolute Gasteiger partial charge is 0.256 e. The average Bonchev–Trinajstić information content (AvgIpc) is 3.29. The lowest BCUT2D eigenvalue weighted by atomic mass is 10.1. The molecule has 1 aliphatic carbocycles. The third kappa shape index (κ3) is 3.69. The van der Waals surface area contributed by atoms with E-state index in [4.69, 9.17) is 0 Å². The first kappa shape index (κ1) is 18.0. The topological polar surface area (TPSA) is 25.2 Å². The Morgan fingerprint density at radius 1 is 1.22 bits per heavy atom. The molecule has 0 aliphatic heterocycles. The minimum Gasteiger partial charge on any atom is -0.343 e. The molecule has 5 heteroatoms. The van der Waals surface area contributed by atoms with Gasteiger partial charge in [-0.25, -0.2) is 4.39 Å². The van der Waals surface area contributed by atoms with Crippen molar-refractivity contribution in [1.29, 1.82) is 0 Å². The number of aromatic nitrogens is 1. The van der Waals surface area contributed by atoms with Crippen molar-refractivity contribution in [2.45, 2.75) is 45.8 Å². The molecule has 4 rings (SSSR count). The van der Waals surface area contributed by atoms with Crippen LogP contribution in [0.4, 0.5) is 4.39 Å². The van der Waals surface area contributed by atoms with Crippen LogP contribution in [0, 0.1) is 19.7 Å². The van der Waals surface area contributed by atoms with Crippen LogP contribution < -0.4 is 0 Å². The first-order valence-corrected chi connectivity index (χ1v) is 10.2. The molecule has 0 radical (unpaired) electrons. The average molecular weight is 383 g/mol. The summed E-state index contributed by atoms with van der Waals surface area (Å²) < 4.78 is 16.3. The van der Waals surface area contributed by atoms with Crippen LogP contribution in [0.15, 0.2) is 47.8 Å². The zero-order valence-corrected chi connectivity index (χ0v) is 16.4. The van der Waals surface area contributed by atoms with Gasteiger partial charge in [0.05, 0.1) is 12.1 Å². The van der Waals surface area contributed by atoms with Crippen LogP contribution in [0.25, 0.3) is 0 Å². The molecular weight excluding hydrogens is 359 g/mol. The Hall–Kier alpha value is -2.40. The SMILES string of the molecule is Cc1cc(C(=O)N(Cc2ccccc2F)C2CC2)c(C)n1Cc1cccs1. The summed E-state index contributed by atoms with van der Waals surface area (Å²) in [5.41, 5.74) is 3.36. The van der Waals surface area contributed by atoms with Gasteiger partial charge in [0, 0.05) is 34.4 Å². The predicted molar refractivity (Wildman–Crippen MR) is 107 cm³/mol. The van der Waals surface area contributed by atoms with E-state index in [-0.39, 0.29) is 17.8 Å². The lowest BCUT2D eigenvalue weighted by Gasteiger charge is -2.23. The summed E-state index contributed by atoms with van der Waals surface area (Å²) in [7, 11) is 0. The molecule has 0 spiro atoms. The van der Waals surface area contributed by atoms with E-state index in [0.29, 0.717) is 12.1 Å². The highest BCUT2D eigenvalue weighted by molar-refractivity contribution is 7.09. The molecule has 0 atom stereocenters. The molecule has 2 aromatic heterocycles. The zero-order valence-electron chi connectivity index (χ0n) is 15.6. The summed E-state index contributed by atoms with van der Waals surface area (Å²) >= 11 is 1.72. The molecule has 2 heterocycles. The summed E-state index contributed by atoms with van der Waals surface area (Å²) in [6, 6.07) is 13.1. The molecule has 27 heavy (non-hydrogen) atoms. The van der Waals surface area contributed by atoms with Crippen LogP contribution >= 0.6 is 11.3 Å². The fourth-order valence-corrected chi connectivity index (χ4v) is 4.23. The summed E-state index contributed by atoms with van der Waals surface area (Å²) in [5.74, 6) is -0.245. The van der Waals surface area contributed by atoms with Crippen LogP contribution in [0.1, 0.15) is 45.0 Å². The normalized spacial score (nSPS) is 13.7. The molecule has 3 nitrogen and oxygen atoms in total. The molecule has 1 amide bonds.